The van der Waals surface area contributed by atoms with Crippen molar-refractivity contribution in [1.29, 1.82) is 0 Å². The minimum atomic E-state index is -0.187. The number of primary amides is 1. The molecule has 0 bridgehead atoms. The molecule has 4 rings (SSSR count). The van der Waals surface area contributed by atoms with Gasteiger partial charge in [0.15, 0.2) is 0 Å². The first-order valence-corrected chi connectivity index (χ1v) is 9.28. The number of fused-ring (bicyclic) bond motifs is 1. The summed E-state index contributed by atoms with van der Waals surface area (Å²) in [6.45, 7) is 3.69. The van der Waals surface area contributed by atoms with Crippen molar-refractivity contribution in [3.8, 4) is 0 Å². The lowest BCUT2D eigenvalue weighted by molar-refractivity contribution is -0.122. The highest BCUT2D eigenvalue weighted by molar-refractivity contribution is 5.90. The number of carbonyl (C=O) groups excluding carboxylic acids is 1. The van der Waals surface area contributed by atoms with Crippen LogP contribution in [0.5, 0.6) is 0 Å². The molecule has 26 heavy (non-hydrogen) atoms. The van der Waals surface area contributed by atoms with Gasteiger partial charge in [0.25, 0.3) is 0 Å². The number of anilines is 2. The van der Waals surface area contributed by atoms with E-state index < -0.39 is 0 Å². The summed E-state index contributed by atoms with van der Waals surface area (Å²) in [5.41, 5.74) is 6.44. The summed E-state index contributed by atoms with van der Waals surface area (Å²) in [4.78, 5) is 25.7. The van der Waals surface area contributed by atoms with Crippen LogP contribution in [-0.4, -0.2) is 42.1 Å². The standard InChI is InChI=1S/C19H25N5O.ClH/c20-17(25)14-8-12-24(13-9-14)19-21-16-7-3-2-6-15(16)18(22-19)23-10-4-1-5-11-23;/h2-3,6-7,14H,1,4-5,8-13H2,(H2,20,25);1H. The van der Waals surface area contributed by atoms with Gasteiger partial charge in [-0.1, -0.05) is 12.1 Å². The molecule has 0 saturated carbocycles. The Morgan fingerprint density at radius 2 is 1.65 bits per heavy atom. The zero-order valence-corrected chi connectivity index (χ0v) is 15.7. The van der Waals surface area contributed by atoms with Crippen LogP contribution in [0.2, 0.25) is 0 Å². The lowest BCUT2D eigenvalue weighted by Gasteiger charge is -2.33. The number of carbonyl (C=O) groups is 1. The van der Waals surface area contributed by atoms with E-state index in [0.29, 0.717) is 0 Å². The summed E-state index contributed by atoms with van der Waals surface area (Å²) in [5.74, 6) is 1.63. The van der Waals surface area contributed by atoms with Crippen molar-refractivity contribution >= 4 is 41.0 Å². The Labute approximate surface area is 160 Å². The van der Waals surface area contributed by atoms with Crippen LogP contribution >= 0.6 is 12.4 Å². The number of aromatic nitrogens is 2. The monoisotopic (exact) mass is 375 g/mol. The lowest BCUT2D eigenvalue weighted by atomic mass is 9.96. The van der Waals surface area contributed by atoms with Gasteiger partial charge in [0.2, 0.25) is 11.9 Å². The van der Waals surface area contributed by atoms with Crippen LogP contribution in [-0.2, 0) is 4.79 Å². The predicted octanol–water partition coefficient (Wildman–Crippen LogP) is 2.74. The molecule has 0 aliphatic carbocycles. The molecule has 1 amide bonds. The van der Waals surface area contributed by atoms with Crippen molar-refractivity contribution < 1.29 is 4.79 Å². The van der Waals surface area contributed by atoms with Gasteiger partial charge in [-0.3, -0.25) is 4.79 Å². The zero-order valence-electron chi connectivity index (χ0n) is 14.9. The van der Waals surface area contributed by atoms with E-state index in [4.69, 9.17) is 15.7 Å². The van der Waals surface area contributed by atoms with Gasteiger partial charge < -0.3 is 15.5 Å². The Balaban J connectivity index is 0.00000196. The third kappa shape index (κ3) is 3.70. The van der Waals surface area contributed by atoms with Gasteiger partial charge in [-0.25, -0.2) is 4.98 Å². The van der Waals surface area contributed by atoms with E-state index in [9.17, 15) is 4.79 Å². The normalized spacial score (nSPS) is 18.6. The Hall–Kier alpha value is -2.08. The summed E-state index contributed by atoms with van der Waals surface area (Å²) < 4.78 is 0. The molecular weight excluding hydrogens is 350 g/mol. The molecule has 1 aromatic heterocycles. The molecule has 2 N–H and O–H groups in total. The van der Waals surface area contributed by atoms with Crippen LogP contribution in [0, 0.1) is 5.92 Å². The number of benzene rings is 1. The molecule has 3 heterocycles. The minimum Gasteiger partial charge on any atom is -0.369 e. The average Bonchev–Trinajstić information content (AvgIpc) is 2.68. The Bertz CT molecular complexity index is 770. The maximum atomic E-state index is 11.4. The summed E-state index contributed by atoms with van der Waals surface area (Å²) in [6, 6.07) is 8.25. The second-order valence-corrected chi connectivity index (χ2v) is 7.08. The Kier molecular flexibility index (Phi) is 5.81. The fraction of sp³-hybridized carbons (Fsp3) is 0.526. The average molecular weight is 376 g/mol. The van der Waals surface area contributed by atoms with Crippen LogP contribution in [0.3, 0.4) is 0 Å². The first-order valence-electron chi connectivity index (χ1n) is 9.28. The molecule has 2 aromatic rings. The third-order valence-electron chi connectivity index (χ3n) is 5.41. The second kappa shape index (κ2) is 8.08. The van der Waals surface area contributed by atoms with E-state index in [2.05, 4.69) is 28.0 Å². The molecule has 7 heteroatoms. The third-order valence-corrected chi connectivity index (χ3v) is 5.41. The summed E-state index contributed by atoms with van der Waals surface area (Å²) in [7, 11) is 0. The predicted molar refractivity (Wildman–Crippen MR) is 107 cm³/mol. The number of halogens is 1. The van der Waals surface area contributed by atoms with Gasteiger partial charge in [-0.15, -0.1) is 12.4 Å². The van der Waals surface area contributed by atoms with Crippen molar-refractivity contribution in [3.05, 3.63) is 24.3 Å². The van der Waals surface area contributed by atoms with Crippen LogP contribution in [0.1, 0.15) is 32.1 Å². The summed E-state index contributed by atoms with van der Waals surface area (Å²) in [5, 5.41) is 1.13. The molecule has 0 unspecified atom stereocenters. The number of rotatable bonds is 3. The van der Waals surface area contributed by atoms with Gasteiger partial charge >= 0.3 is 0 Å². The number of hydrogen-bond donors (Lipinski definition) is 1. The molecule has 2 aliphatic rings. The molecule has 2 fully saturated rings. The summed E-state index contributed by atoms with van der Waals surface area (Å²) in [6.07, 6.45) is 5.30. The van der Waals surface area contributed by atoms with Crippen LogP contribution in [0.15, 0.2) is 24.3 Å². The minimum absolute atomic E-state index is 0. The van der Waals surface area contributed by atoms with Crippen LogP contribution in [0.4, 0.5) is 11.8 Å². The fourth-order valence-electron chi connectivity index (χ4n) is 3.90. The Morgan fingerprint density at radius 1 is 0.962 bits per heavy atom. The molecule has 0 spiro atoms. The zero-order chi connectivity index (χ0) is 17.2. The van der Waals surface area contributed by atoms with Gasteiger partial charge in [0, 0.05) is 37.5 Å². The van der Waals surface area contributed by atoms with E-state index in [-0.39, 0.29) is 24.2 Å². The van der Waals surface area contributed by atoms with Crippen molar-refractivity contribution in [2.24, 2.45) is 11.7 Å². The summed E-state index contributed by atoms with van der Waals surface area (Å²) >= 11 is 0. The van der Waals surface area contributed by atoms with Crippen LogP contribution < -0.4 is 15.5 Å². The number of hydrogen-bond acceptors (Lipinski definition) is 5. The highest BCUT2D eigenvalue weighted by Crippen LogP contribution is 2.30. The molecule has 1 aromatic carbocycles. The fourth-order valence-corrected chi connectivity index (χ4v) is 3.90. The first kappa shape index (κ1) is 18.7. The highest BCUT2D eigenvalue weighted by atomic mass is 35.5. The van der Waals surface area contributed by atoms with Gasteiger partial charge in [-0.05, 0) is 44.2 Å². The van der Waals surface area contributed by atoms with Crippen molar-refractivity contribution in [3.63, 3.8) is 0 Å². The second-order valence-electron chi connectivity index (χ2n) is 7.08. The quantitative estimate of drug-likeness (QED) is 0.892. The lowest BCUT2D eigenvalue weighted by Crippen LogP contribution is -2.39. The molecule has 2 aliphatic heterocycles. The number of nitrogens with zero attached hydrogens (tertiary/aromatic N) is 4. The van der Waals surface area contributed by atoms with Crippen molar-refractivity contribution in [2.75, 3.05) is 36.0 Å². The molecule has 0 radical (unpaired) electrons. The number of nitrogens with two attached hydrogens (primary N) is 1. The smallest absolute Gasteiger partial charge is 0.227 e. The van der Waals surface area contributed by atoms with E-state index in [1.165, 1.54) is 19.3 Å². The van der Waals surface area contributed by atoms with Gasteiger partial charge in [0.05, 0.1) is 5.52 Å². The van der Waals surface area contributed by atoms with Gasteiger partial charge in [-0.2, -0.15) is 4.98 Å². The van der Waals surface area contributed by atoms with E-state index in [0.717, 1.165) is 61.7 Å². The van der Waals surface area contributed by atoms with Crippen molar-refractivity contribution in [1.82, 2.24) is 9.97 Å². The molecule has 140 valence electrons. The number of amides is 1. The topological polar surface area (TPSA) is 75.4 Å². The molecular formula is C19H26ClN5O. The SMILES string of the molecule is Cl.NC(=O)C1CCN(c2nc(N3CCCCC3)c3ccccc3n2)CC1. The number of piperidine rings is 2. The molecule has 0 atom stereocenters. The Morgan fingerprint density at radius 3 is 2.35 bits per heavy atom. The molecule has 2 saturated heterocycles. The van der Waals surface area contributed by atoms with Crippen LogP contribution in [0.25, 0.3) is 10.9 Å². The maximum absolute atomic E-state index is 11.4. The van der Waals surface area contributed by atoms with E-state index in [1.807, 2.05) is 6.07 Å². The van der Waals surface area contributed by atoms with E-state index in [1.54, 1.807) is 0 Å². The van der Waals surface area contributed by atoms with Crippen molar-refractivity contribution in [2.45, 2.75) is 32.1 Å². The van der Waals surface area contributed by atoms with E-state index >= 15 is 0 Å². The molecule has 6 nitrogen and oxygen atoms in total. The highest BCUT2D eigenvalue weighted by Gasteiger charge is 2.26. The van der Waals surface area contributed by atoms with Gasteiger partial charge in [0.1, 0.15) is 5.82 Å². The largest absolute Gasteiger partial charge is 0.369 e. The first-order chi connectivity index (χ1) is 12.2. The maximum Gasteiger partial charge on any atom is 0.227 e. The number of para-hydroxylation sites is 1.